The fourth-order valence-electron chi connectivity index (χ4n) is 1.62. The van der Waals surface area contributed by atoms with E-state index in [2.05, 4.69) is 0 Å². The zero-order valence-electron chi connectivity index (χ0n) is 6.18. The van der Waals surface area contributed by atoms with Crippen molar-refractivity contribution >= 4 is 19.7 Å². The highest BCUT2D eigenvalue weighted by Gasteiger charge is 2.45. The average Bonchev–Trinajstić information content (AvgIpc) is 1.53. The van der Waals surface area contributed by atoms with Crippen LogP contribution in [0, 0.1) is 5.92 Å². The molecule has 0 bridgehead atoms. The molecule has 0 radical (unpaired) electrons. The molecule has 0 saturated heterocycles. The first-order valence-corrected chi connectivity index (χ1v) is 5.90. The SMILES string of the molecule is CC1CC(F)(CS(=O)(=O)Cl)C1. The smallest absolute Gasteiger partial charge is 0.235 e. The normalized spacial score (nSPS) is 38.3. The number of hydrogen-bond acceptors (Lipinski definition) is 2. The highest BCUT2D eigenvalue weighted by molar-refractivity contribution is 8.13. The van der Waals surface area contributed by atoms with Gasteiger partial charge in [0.1, 0.15) is 5.67 Å². The van der Waals surface area contributed by atoms with Gasteiger partial charge in [-0.3, -0.25) is 0 Å². The minimum atomic E-state index is -3.67. The maximum Gasteiger partial charge on any atom is 0.235 e. The topological polar surface area (TPSA) is 34.1 Å². The number of rotatable bonds is 2. The van der Waals surface area contributed by atoms with Crippen LogP contribution >= 0.6 is 10.7 Å². The van der Waals surface area contributed by atoms with Gasteiger partial charge in [0, 0.05) is 10.7 Å². The zero-order valence-corrected chi connectivity index (χ0v) is 7.75. The lowest BCUT2D eigenvalue weighted by molar-refractivity contribution is 0.0383. The van der Waals surface area contributed by atoms with Crippen LogP contribution in [0.25, 0.3) is 0 Å². The molecule has 1 fully saturated rings. The number of hydrogen-bond donors (Lipinski definition) is 0. The third-order valence-corrected chi connectivity index (χ3v) is 3.05. The Balaban J connectivity index is 2.51. The molecule has 0 aromatic carbocycles. The van der Waals surface area contributed by atoms with Crippen molar-refractivity contribution in [3.05, 3.63) is 0 Å². The van der Waals surface area contributed by atoms with Crippen LogP contribution in [0.3, 0.4) is 0 Å². The van der Waals surface area contributed by atoms with E-state index >= 15 is 0 Å². The molecule has 0 N–H and O–H groups in total. The summed E-state index contributed by atoms with van der Waals surface area (Å²) in [6.07, 6.45) is 0.637. The minimum Gasteiger partial charge on any atom is -0.243 e. The van der Waals surface area contributed by atoms with Gasteiger partial charge in [0.2, 0.25) is 9.05 Å². The van der Waals surface area contributed by atoms with E-state index < -0.39 is 20.5 Å². The molecule has 1 rings (SSSR count). The van der Waals surface area contributed by atoms with Gasteiger partial charge in [-0.15, -0.1) is 0 Å². The van der Waals surface area contributed by atoms with Gasteiger partial charge >= 0.3 is 0 Å². The van der Waals surface area contributed by atoms with Crippen molar-refractivity contribution in [3.63, 3.8) is 0 Å². The van der Waals surface area contributed by atoms with Crippen molar-refractivity contribution in [1.29, 1.82) is 0 Å². The zero-order chi connectivity index (χ0) is 8.70. The largest absolute Gasteiger partial charge is 0.243 e. The molecule has 0 aliphatic heterocycles. The van der Waals surface area contributed by atoms with E-state index in [1.165, 1.54) is 0 Å². The van der Waals surface area contributed by atoms with Crippen molar-refractivity contribution in [2.75, 3.05) is 5.75 Å². The summed E-state index contributed by atoms with van der Waals surface area (Å²) < 4.78 is 34.1. The second kappa shape index (κ2) is 2.59. The van der Waals surface area contributed by atoms with Crippen LogP contribution in [0.4, 0.5) is 4.39 Å². The molecule has 0 unspecified atom stereocenters. The summed E-state index contributed by atoms with van der Waals surface area (Å²) in [5, 5.41) is 0. The molecule has 66 valence electrons. The summed E-state index contributed by atoms with van der Waals surface area (Å²) in [5.41, 5.74) is -1.54. The summed E-state index contributed by atoms with van der Waals surface area (Å²) in [5.74, 6) is -0.246. The van der Waals surface area contributed by atoms with E-state index in [4.69, 9.17) is 10.7 Å². The lowest BCUT2D eigenvalue weighted by Crippen LogP contribution is -2.43. The van der Waals surface area contributed by atoms with Crippen LogP contribution in [0.1, 0.15) is 19.8 Å². The number of alkyl halides is 1. The Morgan fingerprint density at radius 1 is 1.64 bits per heavy atom. The molecular formula is C6H10ClFO2S. The van der Waals surface area contributed by atoms with Crippen molar-refractivity contribution in [1.82, 2.24) is 0 Å². The maximum absolute atomic E-state index is 13.2. The summed E-state index contributed by atoms with van der Waals surface area (Å²) in [6, 6.07) is 0. The van der Waals surface area contributed by atoms with Gasteiger partial charge in [-0.1, -0.05) is 6.92 Å². The summed E-state index contributed by atoms with van der Waals surface area (Å²) in [7, 11) is 1.24. The molecule has 1 aliphatic rings. The standard InChI is InChI=1S/C6H10ClFO2S/c1-5-2-6(8,3-5)4-11(7,9)10/h5H,2-4H2,1H3. The number of halogens is 2. The maximum atomic E-state index is 13.2. The van der Waals surface area contributed by atoms with E-state index in [0.717, 1.165) is 0 Å². The Morgan fingerprint density at radius 3 is 2.36 bits per heavy atom. The molecule has 11 heavy (non-hydrogen) atoms. The quantitative estimate of drug-likeness (QED) is 0.636. The van der Waals surface area contributed by atoms with Gasteiger partial charge in [0.25, 0.3) is 0 Å². The lowest BCUT2D eigenvalue weighted by Gasteiger charge is -2.38. The lowest BCUT2D eigenvalue weighted by atomic mass is 9.75. The average molecular weight is 201 g/mol. The molecule has 0 spiro atoms. The Kier molecular flexibility index (Phi) is 2.18. The molecule has 0 heterocycles. The molecular weight excluding hydrogens is 191 g/mol. The van der Waals surface area contributed by atoms with Crippen molar-refractivity contribution in [2.45, 2.75) is 25.4 Å². The Morgan fingerprint density at radius 2 is 2.09 bits per heavy atom. The van der Waals surface area contributed by atoms with Crippen LogP contribution in [0.15, 0.2) is 0 Å². The Hall–Kier alpha value is 0.170. The fourth-order valence-corrected chi connectivity index (χ4v) is 3.06. The fraction of sp³-hybridized carbons (Fsp3) is 1.00. The highest BCUT2D eigenvalue weighted by Crippen LogP contribution is 2.42. The molecule has 0 amide bonds. The molecule has 0 aromatic heterocycles. The van der Waals surface area contributed by atoms with Gasteiger partial charge < -0.3 is 0 Å². The van der Waals surface area contributed by atoms with Gasteiger partial charge in [-0.05, 0) is 18.8 Å². The summed E-state index contributed by atoms with van der Waals surface area (Å²) in [4.78, 5) is 0. The second-order valence-corrected chi connectivity index (χ2v) is 6.12. The van der Waals surface area contributed by atoms with Crippen LogP contribution in [0.5, 0.6) is 0 Å². The van der Waals surface area contributed by atoms with Gasteiger partial charge in [-0.25, -0.2) is 12.8 Å². The van der Waals surface area contributed by atoms with E-state index in [0.29, 0.717) is 18.8 Å². The molecule has 1 aliphatic carbocycles. The molecule has 5 heteroatoms. The summed E-state index contributed by atoms with van der Waals surface area (Å²) >= 11 is 0. The van der Waals surface area contributed by atoms with Crippen LogP contribution in [-0.4, -0.2) is 19.8 Å². The van der Waals surface area contributed by atoms with Gasteiger partial charge in [0.05, 0.1) is 5.75 Å². The first-order chi connectivity index (χ1) is 4.81. The minimum absolute atomic E-state index is 0.290. The van der Waals surface area contributed by atoms with Crippen LogP contribution in [0.2, 0.25) is 0 Å². The monoisotopic (exact) mass is 200 g/mol. The van der Waals surface area contributed by atoms with E-state index in [9.17, 15) is 12.8 Å². The first-order valence-electron chi connectivity index (χ1n) is 3.42. The Bertz CT molecular complexity index is 243. The first kappa shape index (κ1) is 9.26. The highest BCUT2D eigenvalue weighted by atomic mass is 35.7. The van der Waals surface area contributed by atoms with Crippen molar-refractivity contribution in [2.24, 2.45) is 5.92 Å². The predicted octanol–water partition coefficient (Wildman–Crippen LogP) is 1.69. The van der Waals surface area contributed by atoms with Gasteiger partial charge in [-0.2, -0.15) is 0 Å². The third kappa shape index (κ3) is 2.60. The van der Waals surface area contributed by atoms with Gasteiger partial charge in [0.15, 0.2) is 0 Å². The molecule has 1 saturated carbocycles. The van der Waals surface area contributed by atoms with E-state index in [-0.39, 0.29) is 0 Å². The molecule has 0 aromatic rings. The van der Waals surface area contributed by atoms with E-state index in [1.54, 1.807) is 0 Å². The Labute approximate surface area is 70.2 Å². The third-order valence-electron chi connectivity index (χ3n) is 1.86. The molecule has 2 nitrogen and oxygen atoms in total. The van der Waals surface area contributed by atoms with Crippen LogP contribution < -0.4 is 0 Å². The van der Waals surface area contributed by atoms with Crippen molar-refractivity contribution in [3.8, 4) is 0 Å². The summed E-state index contributed by atoms with van der Waals surface area (Å²) in [6.45, 7) is 1.89. The van der Waals surface area contributed by atoms with E-state index in [1.807, 2.05) is 6.92 Å². The molecule has 0 atom stereocenters. The predicted molar refractivity (Wildman–Crippen MR) is 41.9 cm³/mol. The van der Waals surface area contributed by atoms with Crippen LogP contribution in [-0.2, 0) is 9.05 Å². The second-order valence-electron chi connectivity index (χ2n) is 3.35. The van der Waals surface area contributed by atoms with Crippen molar-refractivity contribution < 1.29 is 12.8 Å².